The monoisotopic (exact) mass is 398 g/mol. The minimum absolute atomic E-state index is 0.153. The van der Waals surface area contributed by atoms with E-state index in [2.05, 4.69) is 5.16 Å². The van der Waals surface area contributed by atoms with E-state index in [0.717, 1.165) is 42.0 Å². The van der Waals surface area contributed by atoms with Gasteiger partial charge in [0.05, 0.1) is 17.9 Å². The molecular weight excluding hydrogens is 368 g/mol. The lowest BCUT2D eigenvalue weighted by Crippen LogP contribution is -2.35. The Morgan fingerprint density at radius 1 is 1.14 bits per heavy atom. The molecule has 0 spiro atoms. The Morgan fingerprint density at radius 3 is 2.52 bits per heavy atom. The summed E-state index contributed by atoms with van der Waals surface area (Å²) in [4.78, 5) is 14.1. The molecular formula is C23H30N2O4. The van der Waals surface area contributed by atoms with Gasteiger partial charge in [-0.1, -0.05) is 24.4 Å². The van der Waals surface area contributed by atoms with Crippen molar-refractivity contribution in [2.45, 2.75) is 64.5 Å². The maximum absolute atomic E-state index is 12.4. The molecule has 29 heavy (non-hydrogen) atoms. The van der Waals surface area contributed by atoms with Crippen LogP contribution in [0.3, 0.4) is 0 Å². The van der Waals surface area contributed by atoms with Crippen LogP contribution >= 0.6 is 0 Å². The number of aromatic nitrogens is 1. The summed E-state index contributed by atoms with van der Waals surface area (Å²) in [7, 11) is 1.82. The highest BCUT2D eigenvalue weighted by molar-refractivity contribution is 5.68. The fraction of sp³-hybridized carbons (Fsp3) is 0.565. The van der Waals surface area contributed by atoms with E-state index in [1.54, 1.807) is 4.90 Å². The van der Waals surface area contributed by atoms with Crippen molar-refractivity contribution in [3.63, 3.8) is 0 Å². The molecule has 2 aliphatic rings. The first-order valence-corrected chi connectivity index (χ1v) is 10.7. The van der Waals surface area contributed by atoms with Gasteiger partial charge in [0.25, 0.3) is 0 Å². The largest absolute Gasteiger partial charge is 0.493 e. The summed E-state index contributed by atoms with van der Waals surface area (Å²) in [6, 6.07) is 8.13. The molecule has 0 aliphatic heterocycles. The summed E-state index contributed by atoms with van der Waals surface area (Å²) in [5.41, 5.74) is 2.44. The highest BCUT2D eigenvalue weighted by Crippen LogP contribution is 2.30. The average Bonchev–Trinajstić information content (AvgIpc) is 3.35. The minimum atomic E-state index is -0.289. The smallest absolute Gasteiger partial charge is 0.410 e. The summed E-state index contributed by atoms with van der Waals surface area (Å²) in [6.45, 7) is 2.81. The van der Waals surface area contributed by atoms with Gasteiger partial charge in [0.15, 0.2) is 5.76 Å². The zero-order valence-corrected chi connectivity index (χ0v) is 17.4. The van der Waals surface area contributed by atoms with Crippen LogP contribution in [0.25, 0.3) is 11.3 Å². The van der Waals surface area contributed by atoms with E-state index < -0.39 is 0 Å². The Morgan fingerprint density at radius 2 is 1.86 bits per heavy atom. The summed E-state index contributed by atoms with van der Waals surface area (Å²) in [6.07, 6.45) is 8.04. The molecule has 2 fully saturated rings. The molecule has 1 aromatic carbocycles. The van der Waals surface area contributed by atoms with Crippen LogP contribution in [0.2, 0.25) is 0 Å². The standard InChI is InChI=1S/C23H30N2O4/c1-16-21(15-28-23(26)25(2)19-8-3-4-9-19)22(29-24-16)18-10-12-20(13-11-18)27-14-17-6-5-7-17/h10-13,17,19H,3-9,14-15H2,1-2H3. The maximum Gasteiger partial charge on any atom is 0.410 e. The van der Waals surface area contributed by atoms with Crippen LogP contribution in [-0.2, 0) is 11.3 Å². The number of aryl methyl sites for hydroxylation is 1. The Hall–Kier alpha value is -2.50. The predicted octanol–water partition coefficient (Wildman–Crippen LogP) is 5.34. The molecule has 2 aliphatic carbocycles. The number of ether oxygens (including phenoxy) is 2. The molecule has 4 rings (SSSR count). The molecule has 0 unspecified atom stereocenters. The first-order valence-electron chi connectivity index (χ1n) is 10.7. The van der Waals surface area contributed by atoms with Gasteiger partial charge in [0.1, 0.15) is 12.4 Å². The fourth-order valence-corrected chi connectivity index (χ4v) is 4.04. The normalized spacial score (nSPS) is 17.2. The Bertz CT molecular complexity index is 820. The number of hydrogen-bond donors (Lipinski definition) is 0. The summed E-state index contributed by atoms with van der Waals surface area (Å²) < 4.78 is 17.0. The van der Waals surface area contributed by atoms with E-state index in [9.17, 15) is 4.79 Å². The number of hydrogen-bond acceptors (Lipinski definition) is 5. The van der Waals surface area contributed by atoms with Crippen molar-refractivity contribution in [1.29, 1.82) is 0 Å². The van der Waals surface area contributed by atoms with Crippen LogP contribution in [0.1, 0.15) is 56.2 Å². The van der Waals surface area contributed by atoms with Gasteiger partial charge in [-0.3, -0.25) is 0 Å². The van der Waals surface area contributed by atoms with E-state index >= 15 is 0 Å². The Labute approximate surface area is 172 Å². The lowest BCUT2D eigenvalue weighted by atomic mass is 9.86. The third-order valence-corrected chi connectivity index (χ3v) is 6.31. The molecule has 0 saturated heterocycles. The topological polar surface area (TPSA) is 64.8 Å². The third-order valence-electron chi connectivity index (χ3n) is 6.31. The van der Waals surface area contributed by atoms with Crippen molar-refractivity contribution in [2.24, 2.45) is 5.92 Å². The number of amides is 1. The molecule has 0 radical (unpaired) electrons. The molecule has 156 valence electrons. The van der Waals surface area contributed by atoms with Gasteiger partial charge in [-0.2, -0.15) is 0 Å². The van der Waals surface area contributed by atoms with E-state index in [4.69, 9.17) is 14.0 Å². The van der Waals surface area contributed by atoms with Crippen LogP contribution in [0, 0.1) is 12.8 Å². The van der Waals surface area contributed by atoms with Gasteiger partial charge in [-0.05, 0) is 62.8 Å². The molecule has 6 nitrogen and oxygen atoms in total. The van der Waals surface area contributed by atoms with E-state index in [0.29, 0.717) is 11.7 Å². The van der Waals surface area contributed by atoms with Gasteiger partial charge in [-0.25, -0.2) is 4.79 Å². The molecule has 0 N–H and O–H groups in total. The van der Waals surface area contributed by atoms with E-state index in [-0.39, 0.29) is 18.7 Å². The first kappa shape index (κ1) is 19.8. The summed E-state index contributed by atoms with van der Waals surface area (Å²) in [5, 5.41) is 4.08. The van der Waals surface area contributed by atoms with Crippen molar-refractivity contribution < 1.29 is 18.8 Å². The van der Waals surface area contributed by atoms with Crippen molar-refractivity contribution >= 4 is 6.09 Å². The Kier molecular flexibility index (Phi) is 6.07. The minimum Gasteiger partial charge on any atom is -0.493 e. The third kappa shape index (κ3) is 4.57. The molecule has 1 amide bonds. The van der Waals surface area contributed by atoms with E-state index in [1.807, 2.05) is 38.2 Å². The zero-order valence-electron chi connectivity index (χ0n) is 17.4. The number of carbonyl (C=O) groups is 1. The molecule has 1 heterocycles. The molecule has 2 aromatic rings. The van der Waals surface area contributed by atoms with Crippen molar-refractivity contribution in [3.05, 3.63) is 35.5 Å². The second-order valence-electron chi connectivity index (χ2n) is 8.31. The maximum atomic E-state index is 12.4. The van der Waals surface area contributed by atoms with Crippen LogP contribution in [0.5, 0.6) is 5.75 Å². The van der Waals surface area contributed by atoms with Crippen molar-refractivity contribution in [2.75, 3.05) is 13.7 Å². The molecule has 0 atom stereocenters. The highest BCUT2D eigenvalue weighted by atomic mass is 16.6. The quantitative estimate of drug-likeness (QED) is 0.630. The van der Waals surface area contributed by atoms with Gasteiger partial charge >= 0.3 is 6.09 Å². The van der Waals surface area contributed by atoms with Crippen molar-refractivity contribution in [1.82, 2.24) is 10.1 Å². The molecule has 2 saturated carbocycles. The number of nitrogens with zero attached hydrogens (tertiary/aromatic N) is 2. The summed E-state index contributed by atoms with van der Waals surface area (Å²) in [5.74, 6) is 2.21. The van der Waals surface area contributed by atoms with Crippen molar-refractivity contribution in [3.8, 4) is 17.1 Å². The number of carbonyl (C=O) groups excluding carboxylic acids is 1. The zero-order chi connectivity index (χ0) is 20.2. The van der Waals surface area contributed by atoms with Crippen LogP contribution in [0.4, 0.5) is 4.79 Å². The van der Waals surface area contributed by atoms with Gasteiger partial charge in [0, 0.05) is 18.7 Å². The number of benzene rings is 1. The highest BCUT2D eigenvalue weighted by Gasteiger charge is 2.25. The lowest BCUT2D eigenvalue weighted by Gasteiger charge is -2.25. The first-order chi connectivity index (χ1) is 14.1. The van der Waals surface area contributed by atoms with Crippen LogP contribution in [0.15, 0.2) is 28.8 Å². The molecule has 6 heteroatoms. The van der Waals surface area contributed by atoms with E-state index in [1.165, 1.54) is 32.1 Å². The number of rotatable bonds is 7. The van der Waals surface area contributed by atoms with Gasteiger partial charge < -0.3 is 18.9 Å². The average molecular weight is 399 g/mol. The van der Waals surface area contributed by atoms with Crippen LogP contribution in [-0.4, -0.2) is 35.8 Å². The second-order valence-corrected chi connectivity index (χ2v) is 8.31. The van der Waals surface area contributed by atoms with Crippen LogP contribution < -0.4 is 4.74 Å². The fourth-order valence-electron chi connectivity index (χ4n) is 4.04. The molecule has 1 aromatic heterocycles. The lowest BCUT2D eigenvalue weighted by molar-refractivity contribution is 0.0917. The SMILES string of the molecule is Cc1noc(-c2ccc(OCC3CCC3)cc2)c1COC(=O)N(C)C1CCCC1. The van der Waals surface area contributed by atoms with Gasteiger partial charge in [0.2, 0.25) is 0 Å². The van der Waals surface area contributed by atoms with Gasteiger partial charge in [-0.15, -0.1) is 0 Å². The second kappa shape index (κ2) is 8.89. The summed E-state index contributed by atoms with van der Waals surface area (Å²) >= 11 is 0. The molecule has 0 bridgehead atoms. The predicted molar refractivity (Wildman–Crippen MR) is 110 cm³/mol. The Balaban J connectivity index is 1.38.